The van der Waals surface area contributed by atoms with Crippen LogP contribution in [0.4, 0.5) is 0 Å². The summed E-state index contributed by atoms with van der Waals surface area (Å²) in [5.74, 6) is 1.15. The van der Waals surface area contributed by atoms with Crippen LogP contribution in [0.2, 0.25) is 5.02 Å². The minimum absolute atomic E-state index is 0. The summed E-state index contributed by atoms with van der Waals surface area (Å²) in [5.41, 5.74) is 0.861. The third kappa shape index (κ3) is 5.13. The summed E-state index contributed by atoms with van der Waals surface area (Å²) in [4.78, 5) is 15.0. The van der Waals surface area contributed by atoms with Crippen LogP contribution in [0.25, 0.3) is 0 Å². The normalized spacial score (nSPS) is 17.5. The van der Waals surface area contributed by atoms with Crippen molar-refractivity contribution < 1.29 is 9.53 Å². The number of benzene rings is 2. The number of hydrogen-bond donors (Lipinski definition) is 1. The number of nitrogens with one attached hydrogen (secondary N) is 1. The van der Waals surface area contributed by atoms with Crippen molar-refractivity contribution in [2.75, 3.05) is 26.7 Å². The molecular formula is C20H24Cl2N2O2. The molecule has 0 aromatic heterocycles. The summed E-state index contributed by atoms with van der Waals surface area (Å²) in [6, 6.07) is 16.8. The summed E-state index contributed by atoms with van der Waals surface area (Å²) >= 11 is 5.94. The molecule has 6 heteroatoms. The molecule has 1 aliphatic heterocycles. The number of nitrogens with zero attached hydrogens (tertiary/aromatic N) is 1. The van der Waals surface area contributed by atoms with Gasteiger partial charge in [-0.1, -0.05) is 41.9 Å². The summed E-state index contributed by atoms with van der Waals surface area (Å²) in [6.45, 7) is 2.48. The van der Waals surface area contributed by atoms with Crippen LogP contribution in [0.3, 0.4) is 0 Å². The molecule has 0 bridgehead atoms. The zero-order valence-corrected chi connectivity index (χ0v) is 16.3. The summed E-state index contributed by atoms with van der Waals surface area (Å²) in [7, 11) is 1.95. The highest BCUT2D eigenvalue weighted by Gasteiger charge is 2.32. The molecule has 2 atom stereocenters. The molecule has 1 saturated heterocycles. The van der Waals surface area contributed by atoms with Crippen molar-refractivity contribution in [3.8, 4) is 5.75 Å². The SMILES string of the molecule is CNCC1CCN(C(=O)C(Oc2ccc(Cl)cc2)c2ccccc2)C1.Cl. The van der Waals surface area contributed by atoms with E-state index in [-0.39, 0.29) is 18.3 Å². The summed E-state index contributed by atoms with van der Waals surface area (Å²) in [5, 5.41) is 3.84. The molecule has 140 valence electrons. The first-order valence-corrected chi connectivity index (χ1v) is 8.95. The van der Waals surface area contributed by atoms with Gasteiger partial charge < -0.3 is 15.0 Å². The lowest BCUT2D eigenvalue weighted by Crippen LogP contribution is -2.36. The van der Waals surface area contributed by atoms with Crippen LogP contribution in [0.15, 0.2) is 54.6 Å². The quantitative estimate of drug-likeness (QED) is 0.806. The number of ether oxygens (including phenoxy) is 1. The van der Waals surface area contributed by atoms with Gasteiger partial charge in [0.15, 0.2) is 0 Å². The Morgan fingerprint density at radius 3 is 2.58 bits per heavy atom. The Hall–Kier alpha value is -1.75. The number of carbonyl (C=O) groups is 1. The fraction of sp³-hybridized carbons (Fsp3) is 0.350. The average Bonchev–Trinajstić information content (AvgIpc) is 3.10. The standard InChI is InChI=1S/C20H23ClN2O2.ClH/c1-22-13-15-11-12-23(14-15)20(24)19(16-5-3-2-4-6-16)25-18-9-7-17(21)8-10-18;/h2-10,15,19,22H,11-14H2,1H3;1H. The van der Waals surface area contributed by atoms with E-state index in [4.69, 9.17) is 16.3 Å². The van der Waals surface area contributed by atoms with Gasteiger partial charge in [-0.15, -0.1) is 12.4 Å². The molecule has 2 aromatic rings. The molecule has 0 radical (unpaired) electrons. The van der Waals surface area contributed by atoms with Gasteiger partial charge in [0.05, 0.1) is 0 Å². The van der Waals surface area contributed by atoms with Crippen molar-refractivity contribution in [3.05, 3.63) is 65.2 Å². The Balaban J connectivity index is 0.00000243. The zero-order chi connectivity index (χ0) is 17.6. The van der Waals surface area contributed by atoms with Gasteiger partial charge in [0.2, 0.25) is 6.10 Å². The molecule has 0 saturated carbocycles. The first kappa shape index (κ1) is 20.6. The van der Waals surface area contributed by atoms with E-state index in [0.29, 0.717) is 16.7 Å². The van der Waals surface area contributed by atoms with Crippen molar-refractivity contribution in [3.63, 3.8) is 0 Å². The van der Waals surface area contributed by atoms with Crippen molar-refractivity contribution in [2.24, 2.45) is 5.92 Å². The smallest absolute Gasteiger partial charge is 0.268 e. The highest BCUT2D eigenvalue weighted by Crippen LogP contribution is 2.27. The van der Waals surface area contributed by atoms with Gasteiger partial charge in [-0.3, -0.25) is 4.79 Å². The maximum absolute atomic E-state index is 13.1. The van der Waals surface area contributed by atoms with Crippen LogP contribution in [0.1, 0.15) is 18.1 Å². The van der Waals surface area contributed by atoms with E-state index in [1.165, 1.54) is 0 Å². The minimum Gasteiger partial charge on any atom is -0.476 e. The van der Waals surface area contributed by atoms with Crippen LogP contribution >= 0.6 is 24.0 Å². The van der Waals surface area contributed by atoms with E-state index < -0.39 is 6.10 Å². The molecule has 1 amide bonds. The highest BCUT2D eigenvalue weighted by atomic mass is 35.5. The largest absolute Gasteiger partial charge is 0.476 e. The number of rotatable bonds is 6. The average molecular weight is 395 g/mol. The maximum atomic E-state index is 13.1. The predicted molar refractivity (Wildman–Crippen MR) is 107 cm³/mol. The van der Waals surface area contributed by atoms with Crippen LogP contribution in [0, 0.1) is 5.92 Å². The molecule has 3 rings (SSSR count). The Labute approximate surface area is 165 Å². The van der Waals surface area contributed by atoms with Crippen LogP contribution in [0.5, 0.6) is 5.75 Å². The third-order valence-corrected chi connectivity index (χ3v) is 4.74. The molecule has 26 heavy (non-hydrogen) atoms. The number of amides is 1. The molecular weight excluding hydrogens is 371 g/mol. The molecule has 4 nitrogen and oxygen atoms in total. The first-order valence-electron chi connectivity index (χ1n) is 8.58. The monoisotopic (exact) mass is 394 g/mol. The lowest BCUT2D eigenvalue weighted by Gasteiger charge is -2.25. The zero-order valence-electron chi connectivity index (χ0n) is 14.7. The molecule has 1 fully saturated rings. The molecule has 1 aliphatic rings. The maximum Gasteiger partial charge on any atom is 0.268 e. The van der Waals surface area contributed by atoms with Crippen molar-refractivity contribution in [2.45, 2.75) is 12.5 Å². The van der Waals surface area contributed by atoms with Crippen molar-refractivity contribution in [1.29, 1.82) is 0 Å². The number of carbonyl (C=O) groups excluding carboxylic acids is 1. The van der Waals surface area contributed by atoms with E-state index in [2.05, 4.69) is 5.32 Å². The van der Waals surface area contributed by atoms with Gasteiger partial charge in [0, 0.05) is 23.7 Å². The molecule has 2 aromatic carbocycles. The number of halogens is 2. The summed E-state index contributed by atoms with van der Waals surface area (Å²) in [6.07, 6.45) is 0.380. The topological polar surface area (TPSA) is 41.6 Å². The minimum atomic E-state index is -0.643. The molecule has 0 aliphatic carbocycles. The molecule has 1 heterocycles. The van der Waals surface area contributed by atoms with Crippen LogP contribution in [-0.4, -0.2) is 37.5 Å². The van der Waals surface area contributed by atoms with Gasteiger partial charge in [0.1, 0.15) is 5.75 Å². The lowest BCUT2D eigenvalue weighted by molar-refractivity contribution is -0.138. The Kier molecular flexibility index (Phi) is 7.76. The molecule has 2 unspecified atom stereocenters. The van der Waals surface area contributed by atoms with E-state index in [9.17, 15) is 4.79 Å². The van der Waals surface area contributed by atoms with E-state index in [1.54, 1.807) is 24.3 Å². The van der Waals surface area contributed by atoms with E-state index in [0.717, 1.165) is 31.6 Å². The molecule has 0 spiro atoms. The van der Waals surface area contributed by atoms with Crippen molar-refractivity contribution >= 4 is 29.9 Å². The van der Waals surface area contributed by atoms with Crippen molar-refractivity contribution in [1.82, 2.24) is 10.2 Å². The van der Waals surface area contributed by atoms with Gasteiger partial charge in [0.25, 0.3) is 5.91 Å². The Morgan fingerprint density at radius 2 is 1.92 bits per heavy atom. The van der Waals surface area contributed by atoms with Gasteiger partial charge >= 0.3 is 0 Å². The fourth-order valence-electron chi connectivity index (χ4n) is 3.19. The second-order valence-corrected chi connectivity index (χ2v) is 6.80. The van der Waals surface area contributed by atoms with Crippen LogP contribution in [-0.2, 0) is 4.79 Å². The number of likely N-dealkylation sites (tertiary alicyclic amines) is 1. The van der Waals surface area contributed by atoms with E-state index in [1.807, 2.05) is 42.3 Å². The Bertz CT molecular complexity index is 695. The van der Waals surface area contributed by atoms with Gasteiger partial charge in [-0.2, -0.15) is 0 Å². The van der Waals surface area contributed by atoms with E-state index >= 15 is 0 Å². The first-order chi connectivity index (χ1) is 12.2. The lowest BCUT2D eigenvalue weighted by atomic mass is 10.1. The summed E-state index contributed by atoms with van der Waals surface area (Å²) < 4.78 is 6.06. The third-order valence-electron chi connectivity index (χ3n) is 4.48. The second-order valence-electron chi connectivity index (χ2n) is 6.36. The number of hydrogen-bond acceptors (Lipinski definition) is 3. The Morgan fingerprint density at radius 1 is 1.23 bits per heavy atom. The predicted octanol–water partition coefficient (Wildman–Crippen LogP) is 3.95. The van der Waals surface area contributed by atoms with Gasteiger partial charge in [-0.05, 0) is 50.2 Å². The van der Waals surface area contributed by atoms with Gasteiger partial charge in [-0.25, -0.2) is 0 Å². The molecule has 1 N–H and O–H groups in total. The second kappa shape index (κ2) is 9.81. The fourth-order valence-corrected chi connectivity index (χ4v) is 3.32. The highest BCUT2D eigenvalue weighted by molar-refractivity contribution is 6.30. The van der Waals surface area contributed by atoms with Crippen LogP contribution < -0.4 is 10.1 Å².